The number of carbonyl (C=O) groups excluding carboxylic acids is 5. The molecule has 3 aromatic carbocycles. The van der Waals surface area contributed by atoms with Crippen molar-refractivity contribution in [2.75, 3.05) is 119 Å². The highest BCUT2D eigenvalue weighted by Crippen LogP contribution is 2.58. The molecule has 3 aliphatic carbocycles. The predicted molar refractivity (Wildman–Crippen MR) is 544 cm³/mol. The van der Waals surface area contributed by atoms with E-state index in [1.165, 1.54) is 30.6 Å². The van der Waals surface area contributed by atoms with Crippen molar-refractivity contribution in [1.29, 1.82) is 0 Å². The zero-order valence-corrected chi connectivity index (χ0v) is 87.7. The molecule has 39 heteroatoms. The summed E-state index contributed by atoms with van der Waals surface area (Å²) in [7, 11) is 0. The van der Waals surface area contributed by atoms with Crippen LogP contribution in [0.15, 0.2) is 128 Å². The van der Waals surface area contributed by atoms with Gasteiger partial charge in [-0.2, -0.15) is 0 Å². The molecule has 3 saturated carbocycles. The van der Waals surface area contributed by atoms with Gasteiger partial charge in [0.25, 0.3) is 11.8 Å². The fraction of sp³-hybridized carbons (Fsp3) is 0.525. The van der Waals surface area contributed by atoms with E-state index in [1.54, 1.807) is 93.8 Å². The fourth-order valence-corrected chi connectivity index (χ4v) is 19.1. The first-order valence-electron chi connectivity index (χ1n) is 45.1. The molecule has 0 unspecified atom stereocenters. The van der Waals surface area contributed by atoms with Crippen LogP contribution in [0, 0.1) is 45.6 Å². The van der Waals surface area contributed by atoms with Crippen LogP contribution in [0.25, 0.3) is 9.69 Å². The summed E-state index contributed by atoms with van der Waals surface area (Å²) in [5.74, 6) is 2.04. The van der Waals surface area contributed by atoms with E-state index in [9.17, 15) is 33.6 Å². The van der Waals surface area contributed by atoms with Gasteiger partial charge in [-0.05, 0) is 147 Å². The molecule has 7 aromatic rings. The van der Waals surface area contributed by atoms with Crippen LogP contribution in [0.1, 0.15) is 187 Å². The molecule has 0 spiro atoms. The van der Waals surface area contributed by atoms with Gasteiger partial charge in [-0.15, -0.1) is 24.8 Å². The highest BCUT2D eigenvalue weighted by molar-refractivity contribution is 6.42. The summed E-state index contributed by atoms with van der Waals surface area (Å²) in [5, 5.41) is 32.2. The van der Waals surface area contributed by atoms with Crippen LogP contribution in [0.3, 0.4) is 0 Å². The van der Waals surface area contributed by atoms with Crippen molar-refractivity contribution in [3.63, 3.8) is 0 Å². The van der Waals surface area contributed by atoms with Gasteiger partial charge in [0.15, 0.2) is 0 Å². The third kappa shape index (κ3) is 29.9. The number of aromatic carboxylic acids is 2. The maximum atomic E-state index is 13.2. The Morgan fingerprint density at radius 3 is 0.971 bits per heavy atom. The molecule has 0 atom stereocenters. The van der Waals surface area contributed by atoms with E-state index in [4.69, 9.17) is 116 Å². The number of carboxylic acid groups (broad SMARTS) is 2. The molecule has 0 radical (unpaired) electrons. The summed E-state index contributed by atoms with van der Waals surface area (Å²) in [5.41, 5.74) is 5.58. The van der Waals surface area contributed by atoms with Gasteiger partial charge < -0.3 is 95.0 Å². The molecular formula is C99H132Cl7N17O15. The Bertz CT molecular complexity index is 5360. The van der Waals surface area contributed by atoms with E-state index < -0.39 is 23.1 Å². The molecule has 8 heterocycles. The highest BCUT2D eigenvalue weighted by Gasteiger charge is 2.66. The van der Waals surface area contributed by atoms with Gasteiger partial charge in [-0.25, -0.2) is 53.6 Å². The van der Waals surface area contributed by atoms with Gasteiger partial charge in [0.1, 0.15) is 75.0 Å². The number of benzene rings is 3. The van der Waals surface area contributed by atoms with E-state index >= 15 is 0 Å². The number of carbonyl (C=O) groups is 7. The van der Waals surface area contributed by atoms with Gasteiger partial charge in [0, 0.05) is 186 Å². The zero-order valence-electron chi connectivity index (χ0n) is 82.3. The minimum Gasteiger partial charge on any atom is -0.489 e. The van der Waals surface area contributed by atoms with Gasteiger partial charge in [0.2, 0.25) is 11.4 Å². The molecule has 5 amide bonds. The van der Waals surface area contributed by atoms with Crippen molar-refractivity contribution in [3.8, 4) is 17.2 Å². The van der Waals surface area contributed by atoms with Crippen LogP contribution in [0.2, 0.25) is 25.2 Å². The van der Waals surface area contributed by atoms with Gasteiger partial charge in [-0.3, -0.25) is 9.59 Å². The lowest BCUT2D eigenvalue weighted by Crippen LogP contribution is -2.74. The average Bonchev–Trinajstić information content (AvgIpc) is 0.739. The Balaban J connectivity index is 0.000000237. The standard InChI is InChI=1S/C29H38Cl2N4O4.C25H30ClN5O2.C15H19ClN2O.C15H21N3O4.C9H18N2O2.C6H4ClNO2.2ClH/c1-27(2,3)39-26(37)35-14-12-34(13-15-35)22-11-8-18(17-32-22)23(36)33-24-28(4,5)25(29(24,6)7)38-19-9-10-20(30)21(31)16-19;1-24(2)22(25(3,4)23(24)33-17-7-8-19(27-5)18(26)14-17)30-21(32)16-6-9-20(29-15-16)31-12-10-28-11-13-31;1-14(2)12(17)15(3,4)13(14)19-9-6-7-11(18-5)10(16)8-9;1-15(2,3)22-14(21)18-8-6-17(7-9-18)12-5-4-11(10-16-12)13(19)20;1-9(2,3)13-8(12)11-6-4-10-5-7-11;7-5-2-1-4(3-8-5)6(9)10;;/h8-11,16-17,24-25H,12-15H2,1-7H3,(H,33,36);6-9,14-15,22-23,28H,10-13H2,1-4H3,(H,30,32);6-8,12-13H,17H2,1-4H3;4-5,10H,6-9H2,1-3H3,(H,19,20);10H,4-7H2,1-3H3;1-3H,(H,9,10);2*1H. The van der Waals surface area contributed by atoms with Crippen molar-refractivity contribution in [2.24, 2.45) is 38.2 Å². The molecular weight excluding hydrogens is 1920 g/mol. The van der Waals surface area contributed by atoms with Gasteiger partial charge in [-0.1, -0.05) is 153 Å². The van der Waals surface area contributed by atoms with E-state index in [0.29, 0.717) is 123 Å². The Hall–Kier alpha value is -10.4. The number of anilines is 3. The number of ether oxygens (including phenoxy) is 6. The monoisotopic (exact) mass is 2040 g/mol. The number of hydrogen-bond acceptors (Lipinski definition) is 23. The zero-order chi connectivity index (χ0) is 101. The second-order valence-electron chi connectivity index (χ2n) is 40.8. The number of hydrogen-bond donors (Lipinski definition) is 7. The average molecular weight is 2050 g/mol. The Morgan fingerprint density at radius 1 is 0.391 bits per heavy atom. The maximum absolute atomic E-state index is 13.2. The van der Waals surface area contributed by atoms with E-state index in [1.807, 2.05) is 85.4 Å². The summed E-state index contributed by atoms with van der Waals surface area (Å²) in [6.07, 6.45) is 4.76. The minimum atomic E-state index is -0.996. The first-order chi connectivity index (χ1) is 63.4. The number of amides is 5. The van der Waals surface area contributed by atoms with Crippen LogP contribution in [-0.4, -0.2) is 245 Å². The highest BCUT2D eigenvalue weighted by atomic mass is 35.5. The number of nitrogens with two attached hydrogens (primary N) is 1. The summed E-state index contributed by atoms with van der Waals surface area (Å²) in [4.78, 5) is 118. The molecule has 8 N–H and O–H groups in total. The summed E-state index contributed by atoms with van der Waals surface area (Å²) < 4.78 is 34.7. The molecule has 4 aliphatic heterocycles. The number of halogens is 7. The molecule has 7 aliphatic rings. The van der Waals surface area contributed by atoms with Crippen molar-refractivity contribution in [2.45, 2.75) is 199 Å². The quantitative estimate of drug-likeness (QED) is 0.0285. The van der Waals surface area contributed by atoms with Crippen LogP contribution in [0.4, 0.5) is 43.2 Å². The third-order valence-corrected chi connectivity index (χ3v) is 26.2. The van der Waals surface area contributed by atoms with Crippen LogP contribution < -0.4 is 55.9 Å². The smallest absolute Gasteiger partial charge is 0.410 e. The lowest BCUT2D eigenvalue weighted by Gasteiger charge is -2.63. The van der Waals surface area contributed by atoms with Crippen LogP contribution >= 0.6 is 82.8 Å². The number of piperazine rings is 4. The Morgan fingerprint density at radius 2 is 0.681 bits per heavy atom. The SMILES string of the molecule is CC(C)(C)OC(=O)N1CCN(c2ccc(C(=O)NC3C(C)(C)C(Oc4ccc(Cl)c(Cl)c4)C3(C)C)cn2)CC1.CC(C)(C)OC(=O)N1CCN(c2ccc(C(=O)O)cn2)CC1.CC(C)(C)OC(=O)N1CCNCC1.Cl.Cl.O=C(O)c1ccc(Cl)nc1.[C-]#[N+]c1ccc(OC2C(C)(C)C(N)C2(C)C)cc1Cl.[C-]#[N+]c1ccc(OC2C(C)(C)C(NC(=O)c3ccc(N4CCNCC4)nc3)C2(C)C)cc1Cl. The van der Waals surface area contributed by atoms with E-state index in [2.05, 4.69) is 144 Å². The van der Waals surface area contributed by atoms with Crippen molar-refractivity contribution in [1.82, 2.24) is 55.9 Å². The van der Waals surface area contributed by atoms with Crippen molar-refractivity contribution >= 4 is 154 Å². The normalized spacial score (nSPS) is 20.4. The molecule has 7 fully saturated rings. The number of pyridine rings is 4. The number of rotatable bonds is 15. The van der Waals surface area contributed by atoms with Crippen molar-refractivity contribution in [3.05, 3.63) is 198 Å². The number of aromatic nitrogens is 4. The second-order valence-corrected chi connectivity index (χ2v) is 42.8. The van der Waals surface area contributed by atoms with Crippen LogP contribution in [-0.2, 0) is 14.2 Å². The Labute approximate surface area is 847 Å². The Kier molecular flexibility index (Phi) is 39.6. The molecule has 0 bridgehead atoms. The largest absolute Gasteiger partial charge is 0.489 e. The van der Waals surface area contributed by atoms with Crippen LogP contribution in [0.5, 0.6) is 17.2 Å². The second kappa shape index (κ2) is 47.7. The van der Waals surface area contributed by atoms with Gasteiger partial charge in [0.05, 0.1) is 55.5 Å². The summed E-state index contributed by atoms with van der Waals surface area (Å²) >= 11 is 29.8. The summed E-state index contributed by atoms with van der Waals surface area (Å²) in [6.45, 7) is 67.7. The fourth-order valence-electron chi connectivity index (χ4n) is 18.3. The summed E-state index contributed by atoms with van der Waals surface area (Å²) in [6, 6.07) is 28.9. The molecule has 4 saturated heterocycles. The first-order valence-corrected chi connectivity index (χ1v) is 47.0. The molecule has 14 rings (SSSR count). The minimum absolute atomic E-state index is 0. The number of nitrogens with zero attached hydrogens (tertiary/aromatic N) is 12. The van der Waals surface area contributed by atoms with Gasteiger partial charge >= 0.3 is 30.2 Å². The topological polar surface area (TPSA) is 369 Å². The molecule has 138 heavy (non-hydrogen) atoms. The van der Waals surface area contributed by atoms with E-state index in [0.717, 1.165) is 64.0 Å². The van der Waals surface area contributed by atoms with E-state index in [-0.39, 0.29) is 141 Å². The number of carboxylic acids is 2. The third-order valence-electron chi connectivity index (χ3n) is 24.6. The molecule has 752 valence electrons. The maximum Gasteiger partial charge on any atom is 0.410 e. The van der Waals surface area contributed by atoms with Crippen molar-refractivity contribution < 1.29 is 72.2 Å². The first kappa shape index (κ1) is 115. The predicted octanol–water partition coefficient (Wildman–Crippen LogP) is 19.3. The lowest BCUT2D eigenvalue weighted by molar-refractivity contribution is -0.164. The molecule has 32 nitrogen and oxygen atoms in total. The number of nitrogens with one attached hydrogen (secondary N) is 4. The molecule has 4 aromatic heterocycles. The lowest BCUT2D eigenvalue weighted by atomic mass is 9.49.